The average Bonchev–Trinajstić information content (AvgIpc) is 3.34. The van der Waals surface area contributed by atoms with Crippen molar-refractivity contribution < 1.29 is 19.1 Å². The fourth-order valence-corrected chi connectivity index (χ4v) is 4.76. The summed E-state index contributed by atoms with van der Waals surface area (Å²) in [7, 11) is 0. The molecule has 3 heterocycles. The van der Waals surface area contributed by atoms with Crippen LogP contribution in [0.1, 0.15) is 13.8 Å². The average molecular weight is 377 g/mol. The lowest BCUT2D eigenvalue weighted by molar-refractivity contribution is -0.153. The molecule has 144 valence electrons. The molecule has 2 saturated heterocycles. The zero-order valence-electron chi connectivity index (χ0n) is 16.0. The van der Waals surface area contributed by atoms with E-state index in [-0.39, 0.29) is 23.9 Å². The number of benzene rings is 2. The van der Waals surface area contributed by atoms with Crippen LogP contribution in [0.3, 0.4) is 0 Å². The van der Waals surface area contributed by atoms with Crippen LogP contribution < -0.4 is 4.90 Å². The predicted molar refractivity (Wildman–Crippen MR) is 106 cm³/mol. The van der Waals surface area contributed by atoms with Crippen molar-refractivity contribution in [2.45, 2.75) is 25.6 Å². The van der Waals surface area contributed by atoms with Gasteiger partial charge in [0, 0.05) is 5.39 Å². The minimum absolute atomic E-state index is 0.0605. The van der Waals surface area contributed by atoms with Gasteiger partial charge in [-0.1, -0.05) is 62.4 Å². The van der Waals surface area contributed by atoms with Crippen LogP contribution in [0.4, 0.5) is 5.69 Å². The molecule has 0 N–H and O–H groups in total. The Morgan fingerprint density at radius 3 is 2.86 bits per heavy atom. The second kappa shape index (κ2) is 6.17. The number of nitrogens with zero attached hydrogens (tertiary/aromatic N) is 1. The molecule has 2 aromatic carbocycles. The summed E-state index contributed by atoms with van der Waals surface area (Å²) in [5.41, 5.74) is 0.127. The van der Waals surface area contributed by atoms with E-state index >= 15 is 0 Å². The highest BCUT2D eigenvalue weighted by Crippen LogP contribution is 2.53. The van der Waals surface area contributed by atoms with Gasteiger partial charge >= 0.3 is 5.97 Å². The van der Waals surface area contributed by atoms with Gasteiger partial charge in [-0.25, -0.2) is 0 Å². The van der Waals surface area contributed by atoms with Crippen LogP contribution in [0.25, 0.3) is 10.8 Å². The van der Waals surface area contributed by atoms with E-state index in [0.29, 0.717) is 13.2 Å². The summed E-state index contributed by atoms with van der Waals surface area (Å²) in [6.45, 7) is 4.77. The van der Waals surface area contributed by atoms with Gasteiger partial charge in [-0.2, -0.15) is 0 Å². The standard InChI is InChI=1S/C23H23NO4/c1-14(2)12-27-22(26)19-18-10-11-23(28-18)13-24(21(25)20(19)23)17-9-5-7-15-6-3-4-8-16(15)17/h3-11,14,18-20H,12-13H2,1-2H3. The van der Waals surface area contributed by atoms with Crippen LogP contribution in [-0.4, -0.2) is 36.7 Å². The molecule has 3 aliphatic rings. The number of anilines is 1. The molecule has 4 atom stereocenters. The summed E-state index contributed by atoms with van der Waals surface area (Å²) in [5.74, 6) is -1.24. The smallest absolute Gasteiger partial charge is 0.312 e. The Hall–Kier alpha value is -2.66. The van der Waals surface area contributed by atoms with E-state index in [1.165, 1.54) is 0 Å². The van der Waals surface area contributed by atoms with E-state index in [2.05, 4.69) is 0 Å². The topological polar surface area (TPSA) is 55.8 Å². The molecule has 5 nitrogen and oxygen atoms in total. The molecule has 5 heteroatoms. The first-order valence-electron chi connectivity index (χ1n) is 9.83. The highest BCUT2D eigenvalue weighted by molar-refractivity contribution is 6.08. The number of hydrogen-bond acceptors (Lipinski definition) is 4. The first-order valence-corrected chi connectivity index (χ1v) is 9.83. The van der Waals surface area contributed by atoms with Crippen molar-refractivity contribution in [1.29, 1.82) is 0 Å². The van der Waals surface area contributed by atoms with Crippen LogP contribution in [0.15, 0.2) is 54.6 Å². The lowest BCUT2D eigenvalue weighted by atomic mass is 9.77. The molecule has 0 aliphatic carbocycles. The molecule has 0 saturated carbocycles. The molecule has 3 aliphatic heterocycles. The van der Waals surface area contributed by atoms with Crippen molar-refractivity contribution in [2.75, 3.05) is 18.1 Å². The van der Waals surface area contributed by atoms with E-state index < -0.39 is 17.4 Å². The fraction of sp³-hybridized carbons (Fsp3) is 0.391. The lowest BCUT2D eigenvalue weighted by Crippen LogP contribution is -2.40. The zero-order valence-corrected chi connectivity index (χ0v) is 16.0. The maximum atomic E-state index is 13.5. The lowest BCUT2D eigenvalue weighted by Gasteiger charge is -2.23. The highest BCUT2D eigenvalue weighted by Gasteiger charge is 2.67. The van der Waals surface area contributed by atoms with Gasteiger partial charge < -0.3 is 14.4 Å². The summed E-state index contributed by atoms with van der Waals surface area (Å²) in [5, 5.41) is 2.10. The summed E-state index contributed by atoms with van der Waals surface area (Å²) in [6, 6.07) is 14.0. The molecule has 4 unspecified atom stereocenters. The number of carbonyl (C=O) groups is 2. The van der Waals surface area contributed by atoms with Crippen molar-refractivity contribution in [3.8, 4) is 0 Å². The minimum Gasteiger partial charge on any atom is -0.465 e. The molecule has 2 fully saturated rings. The Labute approximate surface area is 163 Å². The van der Waals surface area contributed by atoms with Gasteiger partial charge in [0.25, 0.3) is 0 Å². The number of carbonyl (C=O) groups excluding carboxylic acids is 2. The predicted octanol–water partition coefficient (Wildman–Crippen LogP) is 3.33. The monoisotopic (exact) mass is 377 g/mol. The summed E-state index contributed by atoms with van der Waals surface area (Å²) < 4.78 is 11.7. The number of esters is 1. The van der Waals surface area contributed by atoms with Gasteiger partial charge in [0.15, 0.2) is 0 Å². The quantitative estimate of drug-likeness (QED) is 0.606. The third kappa shape index (κ3) is 2.42. The molecular weight excluding hydrogens is 354 g/mol. The van der Waals surface area contributed by atoms with Gasteiger partial charge in [-0.05, 0) is 17.4 Å². The Balaban J connectivity index is 1.50. The zero-order chi connectivity index (χ0) is 19.5. The largest absolute Gasteiger partial charge is 0.465 e. The first-order chi connectivity index (χ1) is 13.5. The molecule has 1 amide bonds. The van der Waals surface area contributed by atoms with Gasteiger partial charge in [0.05, 0.1) is 30.9 Å². The van der Waals surface area contributed by atoms with Crippen LogP contribution in [-0.2, 0) is 19.1 Å². The highest BCUT2D eigenvalue weighted by atomic mass is 16.6. The van der Waals surface area contributed by atoms with Crippen LogP contribution in [0.2, 0.25) is 0 Å². The van der Waals surface area contributed by atoms with Gasteiger partial charge in [-0.3, -0.25) is 9.59 Å². The number of amides is 1. The van der Waals surface area contributed by atoms with Crippen LogP contribution in [0, 0.1) is 17.8 Å². The molecule has 2 bridgehead atoms. The van der Waals surface area contributed by atoms with E-state index in [1.807, 2.05) is 68.5 Å². The van der Waals surface area contributed by atoms with E-state index in [4.69, 9.17) is 9.47 Å². The second-order valence-electron chi connectivity index (χ2n) is 8.35. The molecule has 1 spiro atoms. The van der Waals surface area contributed by atoms with E-state index in [9.17, 15) is 9.59 Å². The number of hydrogen-bond donors (Lipinski definition) is 0. The Bertz CT molecular complexity index is 992. The van der Waals surface area contributed by atoms with E-state index in [0.717, 1.165) is 16.5 Å². The molecule has 2 aromatic rings. The normalized spacial score (nSPS) is 30.5. The third-order valence-electron chi connectivity index (χ3n) is 5.99. The minimum atomic E-state index is -0.736. The van der Waals surface area contributed by atoms with E-state index in [1.54, 1.807) is 4.90 Å². The van der Waals surface area contributed by atoms with Gasteiger partial charge in [0.1, 0.15) is 11.5 Å². The van der Waals surface area contributed by atoms with Crippen LogP contribution >= 0.6 is 0 Å². The van der Waals surface area contributed by atoms with Crippen LogP contribution in [0.5, 0.6) is 0 Å². The van der Waals surface area contributed by atoms with Crippen molar-refractivity contribution in [1.82, 2.24) is 0 Å². The SMILES string of the molecule is CC(C)COC(=O)C1C2C=CC3(CN(c4cccc5ccccc45)C(=O)C13)O2. The molecule has 0 radical (unpaired) electrons. The van der Waals surface area contributed by atoms with Crippen molar-refractivity contribution in [3.05, 3.63) is 54.6 Å². The second-order valence-corrected chi connectivity index (χ2v) is 8.35. The maximum Gasteiger partial charge on any atom is 0.312 e. The number of fused-ring (bicyclic) bond motifs is 2. The van der Waals surface area contributed by atoms with Crippen molar-refractivity contribution >= 4 is 28.3 Å². The maximum absolute atomic E-state index is 13.5. The van der Waals surface area contributed by atoms with Crippen molar-refractivity contribution in [2.24, 2.45) is 17.8 Å². The van der Waals surface area contributed by atoms with Crippen molar-refractivity contribution in [3.63, 3.8) is 0 Å². The Morgan fingerprint density at radius 2 is 2.04 bits per heavy atom. The summed E-state index contributed by atoms with van der Waals surface area (Å²) in [6.07, 6.45) is 3.51. The molecule has 0 aromatic heterocycles. The number of ether oxygens (including phenoxy) is 2. The summed E-state index contributed by atoms with van der Waals surface area (Å²) >= 11 is 0. The van der Waals surface area contributed by atoms with Gasteiger partial charge in [-0.15, -0.1) is 0 Å². The fourth-order valence-electron chi connectivity index (χ4n) is 4.76. The first kappa shape index (κ1) is 17.4. The molecule has 5 rings (SSSR count). The summed E-state index contributed by atoms with van der Waals surface area (Å²) in [4.78, 5) is 28.0. The molecular formula is C23H23NO4. The number of rotatable bonds is 4. The van der Waals surface area contributed by atoms with Gasteiger partial charge in [0.2, 0.25) is 5.91 Å². The third-order valence-corrected chi connectivity index (χ3v) is 5.99. The Morgan fingerprint density at radius 1 is 1.25 bits per heavy atom. The molecule has 28 heavy (non-hydrogen) atoms. The Kier molecular flexibility index (Phi) is 3.85.